The van der Waals surface area contributed by atoms with Gasteiger partial charge in [-0.2, -0.15) is 5.10 Å². The summed E-state index contributed by atoms with van der Waals surface area (Å²) in [5.74, 6) is 1.53. The Bertz CT molecular complexity index is 1130. The van der Waals surface area contributed by atoms with Gasteiger partial charge in [0.2, 0.25) is 5.88 Å². The van der Waals surface area contributed by atoms with E-state index >= 15 is 0 Å². The minimum Gasteiger partial charge on any atom is -0.486 e. The van der Waals surface area contributed by atoms with Crippen molar-refractivity contribution in [2.24, 2.45) is 5.92 Å². The fourth-order valence-corrected chi connectivity index (χ4v) is 3.71. The molecular weight excluding hydrogens is 387 g/mol. The van der Waals surface area contributed by atoms with Crippen LogP contribution >= 0.6 is 0 Å². The largest absolute Gasteiger partial charge is 0.486 e. The number of pyridine rings is 1. The van der Waals surface area contributed by atoms with Gasteiger partial charge in [0.05, 0.1) is 43.3 Å². The zero-order chi connectivity index (χ0) is 20.8. The van der Waals surface area contributed by atoms with E-state index in [1.54, 1.807) is 10.7 Å². The quantitative estimate of drug-likeness (QED) is 0.611. The molecule has 2 atom stereocenters. The van der Waals surface area contributed by atoms with E-state index in [0.29, 0.717) is 55.0 Å². The van der Waals surface area contributed by atoms with E-state index < -0.39 is 5.82 Å². The summed E-state index contributed by atoms with van der Waals surface area (Å²) in [5, 5.41) is 7.76. The van der Waals surface area contributed by atoms with Crippen LogP contribution in [0.3, 0.4) is 0 Å². The first kappa shape index (κ1) is 18.7. The molecule has 30 heavy (non-hydrogen) atoms. The van der Waals surface area contributed by atoms with E-state index in [9.17, 15) is 4.39 Å². The molecule has 0 amide bonds. The zero-order valence-electron chi connectivity index (χ0n) is 16.9. The van der Waals surface area contributed by atoms with Gasteiger partial charge in [0.25, 0.3) is 0 Å². The minimum atomic E-state index is -0.396. The van der Waals surface area contributed by atoms with Crippen molar-refractivity contribution in [3.8, 4) is 11.6 Å². The number of ether oxygens (including phenoxy) is 2. The van der Waals surface area contributed by atoms with Crippen LogP contribution < -0.4 is 19.7 Å². The van der Waals surface area contributed by atoms with Gasteiger partial charge in [-0.25, -0.2) is 18.9 Å². The van der Waals surface area contributed by atoms with Crippen LogP contribution in [0.1, 0.15) is 25.0 Å². The Hall–Kier alpha value is -3.36. The topological polar surface area (TPSA) is 76.8 Å². The molecule has 5 rings (SSSR count). The van der Waals surface area contributed by atoms with Gasteiger partial charge in [0, 0.05) is 23.7 Å². The van der Waals surface area contributed by atoms with E-state index in [0.717, 1.165) is 11.3 Å². The number of hydrogen-bond donors (Lipinski definition) is 1. The van der Waals surface area contributed by atoms with E-state index in [2.05, 4.69) is 33.8 Å². The molecule has 2 aliphatic rings. The molecule has 0 saturated heterocycles. The lowest BCUT2D eigenvalue weighted by Gasteiger charge is -2.36. The van der Waals surface area contributed by atoms with Gasteiger partial charge in [-0.3, -0.25) is 0 Å². The lowest BCUT2D eigenvalue weighted by Crippen LogP contribution is -2.41. The summed E-state index contributed by atoms with van der Waals surface area (Å²) in [4.78, 5) is 11.2. The predicted molar refractivity (Wildman–Crippen MR) is 110 cm³/mol. The first-order chi connectivity index (χ1) is 14.5. The molecule has 3 aromatic rings. The number of hydrogen-bond acceptors (Lipinski definition) is 7. The standard InChI is InChI=1S/C21H23FN6O2/c1-12-5-23-14(3)17-7-25-28-9-18-20(26-19(17)28)27(13(2)11-29-18)8-15-4-16(22)6-24-21(15)30-10-12/h4,6-7,9,12-13,23H,3,5,8,10-11H2,1-2H3/t12-,13+/m0/s1. The molecule has 0 radical (unpaired) electrons. The molecule has 3 aromatic heterocycles. The normalized spacial score (nSPS) is 21.4. The second kappa shape index (κ2) is 7.16. The van der Waals surface area contributed by atoms with Gasteiger partial charge in [-0.1, -0.05) is 13.5 Å². The molecule has 0 aromatic carbocycles. The summed E-state index contributed by atoms with van der Waals surface area (Å²) in [6.07, 6.45) is 4.76. The van der Waals surface area contributed by atoms with Crippen molar-refractivity contribution in [2.75, 3.05) is 24.7 Å². The first-order valence-corrected chi connectivity index (χ1v) is 9.98. The number of anilines is 1. The van der Waals surface area contributed by atoms with Crippen molar-refractivity contribution in [3.05, 3.63) is 48.2 Å². The van der Waals surface area contributed by atoms with Crippen LogP contribution in [-0.2, 0) is 6.54 Å². The SMILES string of the molecule is C=C1NC[C@H](C)COc2ncc(F)cc2CN2c3nc4c1cnn4cc3OC[C@H]2C. The molecule has 9 heteroatoms. The van der Waals surface area contributed by atoms with Crippen LogP contribution in [0.25, 0.3) is 11.3 Å². The van der Waals surface area contributed by atoms with Gasteiger partial charge in [0.15, 0.2) is 17.2 Å². The molecule has 0 unspecified atom stereocenters. The maximum absolute atomic E-state index is 14.0. The van der Waals surface area contributed by atoms with Crippen LogP contribution in [0, 0.1) is 11.7 Å². The number of rotatable bonds is 0. The van der Waals surface area contributed by atoms with Crippen LogP contribution in [0.15, 0.2) is 31.2 Å². The van der Waals surface area contributed by atoms with E-state index in [1.165, 1.54) is 12.3 Å². The minimum absolute atomic E-state index is 0.0306. The average molecular weight is 410 g/mol. The number of nitrogens with zero attached hydrogens (tertiary/aromatic N) is 5. The van der Waals surface area contributed by atoms with Gasteiger partial charge in [-0.15, -0.1) is 0 Å². The Morgan fingerprint density at radius 1 is 1.23 bits per heavy atom. The molecule has 1 N–H and O–H groups in total. The zero-order valence-corrected chi connectivity index (χ0v) is 16.9. The molecule has 2 bridgehead atoms. The highest BCUT2D eigenvalue weighted by molar-refractivity contribution is 5.75. The van der Waals surface area contributed by atoms with E-state index in [4.69, 9.17) is 14.5 Å². The van der Waals surface area contributed by atoms with Crippen molar-refractivity contribution in [1.29, 1.82) is 0 Å². The Morgan fingerprint density at radius 3 is 2.97 bits per heavy atom. The highest BCUT2D eigenvalue weighted by Gasteiger charge is 2.29. The molecular formula is C21H23FN6O2. The highest BCUT2D eigenvalue weighted by atomic mass is 19.1. The van der Waals surface area contributed by atoms with Crippen LogP contribution in [0.5, 0.6) is 11.6 Å². The van der Waals surface area contributed by atoms with Gasteiger partial charge >= 0.3 is 0 Å². The van der Waals surface area contributed by atoms with Gasteiger partial charge < -0.3 is 19.7 Å². The van der Waals surface area contributed by atoms with Crippen molar-refractivity contribution in [3.63, 3.8) is 0 Å². The summed E-state index contributed by atoms with van der Waals surface area (Å²) in [5.41, 5.74) is 2.94. The van der Waals surface area contributed by atoms with Crippen molar-refractivity contribution < 1.29 is 13.9 Å². The first-order valence-electron chi connectivity index (χ1n) is 9.98. The Labute approximate surface area is 173 Å². The van der Waals surface area contributed by atoms with Crippen LogP contribution in [0.4, 0.5) is 10.2 Å². The molecule has 0 fully saturated rings. The fourth-order valence-electron chi connectivity index (χ4n) is 3.71. The second-order valence-electron chi connectivity index (χ2n) is 7.94. The summed E-state index contributed by atoms with van der Waals surface area (Å²) in [7, 11) is 0. The second-order valence-corrected chi connectivity index (χ2v) is 7.94. The summed E-state index contributed by atoms with van der Waals surface area (Å²) in [6, 6.07) is 1.51. The molecule has 0 aliphatic carbocycles. The number of nitrogens with one attached hydrogen (secondary N) is 1. The maximum atomic E-state index is 14.0. The number of fused-ring (bicyclic) bond motifs is 1. The fraction of sp³-hybridized carbons (Fsp3) is 0.381. The Balaban J connectivity index is 1.67. The Kier molecular flexibility index (Phi) is 4.45. The van der Waals surface area contributed by atoms with Gasteiger partial charge in [-0.05, 0) is 13.0 Å². The van der Waals surface area contributed by atoms with E-state index in [-0.39, 0.29) is 12.0 Å². The molecule has 156 valence electrons. The molecule has 5 heterocycles. The third-order valence-electron chi connectivity index (χ3n) is 5.45. The van der Waals surface area contributed by atoms with Crippen molar-refractivity contribution in [1.82, 2.24) is 24.9 Å². The number of aromatic nitrogens is 4. The number of halogens is 1. The molecule has 8 nitrogen and oxygen atoms in total. The molecule has 0 saturated carbocycles. The highest BCUT2D eigenvalue weighted by Crippen LogP contribution is 2.35. The Morgan fingerprint density at radius 2 is 2.10 bits per heavy atom. The summed E-state index contributed by atoms with van der Waals surface area (Å²) in [6.45, 7) is 10.3. The lowest BCUT2D eigenvalue weighted by molar-refractivity contribution is 0.245. The summed E-state index contributed by atoms with van der Waals surface area (Å²) >= 11 is 0. The maximum Gasteiger partial charge on any atom is 0.218 e. The smallest absolute Gasteiger partial charge is 0.218 e. The van der Waals surface area contributed by atoms with Gasteiger partial charge in [0.1, 0.15) is 12.4 Å². The predicted octanol–water partition coefficient (Wildman–Crippen LogP) is 2.64. The average Bonchev–Trinajstić information content (AvgIpc) is 3.14. The van der Waals surface area contributed by atoms with Crippen molar-refractivity contribution >= 4 is 17.2 Å². The van der Waals surface area contributed by atoms with Crippen LogP contribution in [0.2, 0.25) is 0 Å². The van der Waals surface area contributed by atoms with E-state index in [1.807, 2.05) is 13.1 Å². The lowest BCUT2D eigenvalue weighted by atomic mass is 10.1. The monoisotopic (exact) mass is 410 g/mol. The van der Waals surface area contributed by atoms with Crippen molar-refractivity contribution in [2.45, 2.75) is 26.4 Å². The summed E-state index contributed by atoms with van der Waals surface area (Å²) < 4.78 is 27.6. The van der Waals surface area contributed by atoms with Crippen LogP contribution in [-0.4, -0.2) is 45.4 Å². The third kappa shape index (κ3) is 3.20. The molecule has 2 aliphatic heterocycles. The molecule has 0 spiro atoms. The third-order valence-corrected chi connectivity index (χ3v) is 5.45.